The van der Waals surface area contributed by atoms with Crippen LogP contribution in [0.4, 0.5) is 16.4 Å². The molecule has 0 aliphatic carbocycles. The number of nitro groups is 1. The van der Waals surface area contributed by atoms with E-state index in [-0.39, 0.29) is 17.6 Å². The van der Waals surface area contributed by atoms with Gasteiger partial charge in [0.2, 0.25) is 11.8 Å². The molecule has 1 aromatic heterocycles. The number of halogens is 1. The third-order valence-electron chi connectivity index (χ3n) is 4.05. The molecule has 2 amide bonds. The van der Waals surface area contributed by atoms with Gasteiger partial charge in [-0.25, -0.2) is 27.7 Å². The van der Waals surface area contributed by atoms with Crippen molar-refractivity contribution in [3.05, 3.63) is 75.4 Å². The molecule has 0 radical (unpaired) electrons. The standard InChI is InChI=1S/C20H16ClN5O8S/c1-2-33-18(27)14-9-8-12(26(29)30)10-15(14)35(31,32)25-20(28)24-19-22-16(21)11-17(23-19)34-13-6-4-3-5-7-13/h3-11H,2H2,1H3,(H2,22,23,24,25,28). The molecule has 35 heavy (non-hydrogen) atoms. The van der Waals surface area contributed by atoms with Crippen molar-refractivity contribution in [1.29, 1.82) is 0 Å². The van der Waals surface area contributed by atoms with E-state index in [0.29, 0.717) is 11.8 Å². The molecule has 3 rings (SSSR count). The Labute approximate surface area is 203 Å². The van der Waals surface area contributed by atoms with Crippen LogP contribution in [-0.2, 0) is 14.8 Å². The summed E-state index contributed by atoms with van der Waals surface area (Å²) < 4.78 is 37.6. The highest BCUT2D eigenvalue weighted by Crippen LogP contribution is 2.24. The smallest absolute Gasteiger partial charge is 0.339 e. The zero-order valence-corrected chi connectivity index (χ0v) is 19.4. The maximum absolute atomic E-state index is 12.8. The van der Waals surface area contributed by atoms with Gasteiger partial charge >= 0.3 is 12.0 Å². The maximum atomic E-state index is 12.8. The molecule has 3 aromatic rings. The lowest BCUT2D eigenvalue weighted by atomic mass is 10.2. The van der Waals surface area contributed by atoms with Crippen molar-refractivity contribution < 1.29 is 32.4 Å². The Morgan fingerprint density at radius 2 is 1.83 bits per heavy atom. The first-order valence-corrected chi connectivity index (χ1v) is 11.5. The van der Waals surface area contributed by atoms with Crippen molar-refractivity contribution in [3.8, 4) is 11.6 Å². The number of nitrogens with zero attached hydrogens (tertiary/aromatic N) is 3. The summed E-state index contributed by atoms with van der Waals surface area (Å²) in [6, 6.07) is 10.9. The number of aromatic nitrogens is 2. The van der Waals surface area contributed by atoms with Crippen LogP contribution in [0.25, 0.3) is 0 Å². The number of sulfonamides is 1. The van der Waals surface area contributed by atoms with Gasteiger partial charge in [0.25, 0.3) is 15.7 Å². The summed E-state index contributed by atoms with van der Waals surface area (Å²) in [7, 11) is -4.79. The number of esters is 1. The van der Waals surface area contributed by atoms with E-state index < -0.39 is 49.0 Å². The molecule has 1 heterocycles. The number of amides is 2. The lowest BCUT2D eigenvalue weighted by Gasteiger charge is -2.12. The molecule has 0 bridgehead atoms. The number of nitro benzene ring substituents is 1. The van der Waals surface area contributed by atoms with Crippen LogP contribution < -0.4 is 14.8 Å². The number of hydrogen-bond donors (Lipinski definition) is 2. The van der Waals surface area contributed by atoms with Gasteiger partial charge in [-0.2, -0.15) is 4.98 Å². The summed E-state index contributed by atoms with van der Waals surface area (Å²) in [6.07, 6.45) is 0. The molecule has 0 atom stereocenters. The van der Waals surface area contributed by atoms with Crippen LogP contribution in [-0.4, -0.2) is 41.9 Å². The van der Waals surface area contributed by atoms with E-state index in [4.69, 9.17) is 21.1 Å². The van der Waals surface area contributed by atoms with E-state index in [1.807, 2.05) is 0 Å². The van der Waals surface area contributed by atoms with Crippen molar-refractivity contribution in [1.82, 2.24) is 14.7 Å². The molecule has 182 valence electrons. The first kappa shape index (κ1) is 25.3. The molecule has 0 aliphatic rings. The Hall–Kier alpha value is -4.30. The summed E-state index contributed by atoms with van der Waals surface area (Å²) in [5.74, 6) is -1.08. The van der Waals surface area contributed by atoms with E-state index in [1.165, 1.54) is 13.0 Å². The summed E-state index contributed by atoms with van der Waals surface area (Å²) >= 11 is 5.92. The van der Waals surface area contributed by atoms with Crippen LogP contribution in [0.2, 0.25) is 5.15 Å². The van der Waals surface area contributed by atoms with Gasteiger partial charge in [-0.15, -0.1) is 0 Å². The number of anilines is 1. The predicted molar refractivity (Wildman–Crippen MR) is 122 cm³/mol. The minimum absolute atomic E-state index is 0.0439. The fraction of sp³-hybridized carbons (Fsp3) is 0.100. The lowest BCUT2D eigenvalue weighted by molar-refractivity contribution is -0.385. The second kappa shape index (κ2) is 10.8. The number of carbonyl (C=O) groups excluding carboxylic acids is 2. The average molecular weight is 522 g/mol. The largest absolute Gasteiger partial charge is 0.462 e. The summed E-state index contributed by atoms with van der Waals surface area (Å²) in [4.78, 5) is 41.7. The number of carbonyl (C=O) groups is 2. The zero-order valence-electron chi connectivity index (χ0n) is 17.8. The minimum atomic E-state index is -4.79. The van der Waals surface area contributed by atoms with Crippen molar-refractivity contribution in [2.75, 3.05) is 11.9 Å². The topological polar surface area (TPSA) is 180 Å². The van der Waals surface area contributed by atoms with Gasteiger partial charge in [0, 0.05) is 18.2 Å². The number of urea groups is 1. The Bertz CT molecular complexity index is 1390. The molecule has 2 aromatic carbocycles. The van der Waals surface area contributed by atoms with E-state index in [9.17, 15) is 28.1 Å². The van der Waals surface area contributed by atoms with Gasteiger partial charge in [0.1, 0.15) is 15.8 Å². The summed E-state index contributed by atoms with van der Waals surface area (Å²) in [5, 5.41) is 13.1. The maximum Gasteiger partial charge on any atom is 0.339 e. The lowest BCUT2D eigenvalue weighted by Crippen LogP contribution is -2.35. The van der Waals surface area contributed by atoms with Crippen LogP contribution in [0.3, 0.4) is 0 Å². The van der Waals surface area contributed by atoms with Gasteiger partial charge in [-0.1, -0.05) is 29.8 Å². The number of benzene rings is 2. The molecule has 15 heteroatoms. The van der Waals surface area contributed by atoms with Gasteiger partial charge in [-0.3, -0.25) is 15.4 Å². The van der Waals surface area contributed by atoms with E-state index >= 15 is 0 Å². The molecule has 0 aliphatic heterocycles. The predicted octanol–water partition coefficient (Wildman–Crippen LogP) is 3.52. The van der Waals surface area contributed by atoms with Crippen molar-refractivity contribution in [2.24, 2.45) is 0 Å². The van der Waals surface area contributed by atoms with Crippen LogP contribution in [0.5, 0.6) is 11.6 Å². The monoisotopic (exact) mass is 521 g/mol. The summed E-state index contributed by atoms with van der Waals surface area (Å²) in [5.41, 5.74) is -1.13. The highest BCUT2D eigenvalue weighted by molar-refractivity contribution is 7.90. The zero-order chi connectivity index (χ0) is 25.6. The quantitative estimate of drug-likeness (QED) is 0.192. The Morgan fingerprint density at radius 3 is 2.49 bits per heavy atom. The fourth-order valence-electron chi connectivity index (χ4n) is 2.64. The van der Waals surface area contributed by atoms with E-state index in [2.05, 4.69) is 15.3 Å². The molecule has 0 saturated heterocycles. The second-order valence-corrected chi connectivity index (χ2v) is 8.52. The van der Waals surface area contributed by atoms with E-state index in [0.717, 1.165) is 12.1 Å². The number of rotatable bonds is 8. The second-order valence-electron chi connectivity index (χ2n) is 6.49. The molecule has 0 unspecified atom stereocenters. The third-order valence-corrected chi connectivity index (χ3v) is 5.61. The molecular formula is C20H16ClN5O8S. The summed E-state index contributed by atoms with van der Waals surface area (Å²) in [6.45, 7) is 1.41. The van der Waals surface area contributed by atoms with Gasteiger partial charge < -0.3 is 9.47 Å². The first-order valence-electron chi connectivity index (χ1n) is 9.66. The highest BCUT2D eigenvalue weighted by atomic mass is 35.5. The molecule has 2 N–H and O–H groups in total. The number of ether oxygens (including phenoxy) is 2. The molecule has 13 nitrogen and oxygen atoms in total. The third kappa shape index (κ3) is 6.61. The Balaban J connectivity index is 1.84. The minimum Gasteiger partial charge on any atom is -0.462 e. The number of nitrogens with one attached hydrogen (secondary N) is 2. The van der Waals surface area contributed by atoms with Crippen LogP contribution >= 0.6 is 11.6 Å². The number of non-ortho nitro benzene ring substituents is 1. The van der Waals surface area contributed by atoms with Crippen LogP contribution in [0.1, 0.15) is 17.3 Å². The van der Waals surface area contributed by atoms with Crippen molar-refractivity contribution >= 4 is 45.3 Å². The van der Waals surface area contributed by atoms with Gasteiger partial charge in [0.15, 0.2) is 0 Å². The molecular weight excluding hydrogens is 506 g/mol. The van der Waals surface area contributed by atoms with Gasteiger partial charge in [-0.05, 0) is 25.1 Å². The fourth-order valence-corrected chi connectivity index (χ4v) is 3.94. The molecule has 0 saturated carbocycles. The SMILES string of the molecule is CCOC(=O)c1ccc([N+](=O)[O-])cc1S(=O)(=O)NC(=O)Nc1nc(Cl)cc(Oc2ccccc2)n1. The normalized spacial score (nSPS) is 10.8. The highest BCUT2D eigenvalue weighted by Gasteiger charge is 2.28. The van der Waals surface area contributed by atoms with Crippen LogP contribution in [0, 0.1) is 10.1 Å². The molecule has 0 fully saturated rings. The Morgan fingerprint density at radius 1 is 1.11 bits per heavy atom. The first-order chi connectivity index (χ1) is 16.6. The Kier molecular flexibility index (Phi) is 7.78. The van der Waals surface area contributed by atoms with E-state index in [1.54, 1.807) is 35.1 Å². The van der Waals surface area contributed by atoms with Crippen molar-refractivity contribution in [2.45, 2.75) is 11.8 Å². The molecule has 0 spiro atoms. The number of hydrogen-bond acceptors (Lipinski definition) is 10. The average Bonchev–Trinajstić information content (AvgIpc) is 2.78. The van der Waals surface area contributed by atoms with Gasteiger partial charge in [0.05, 0.1) is 17.1 Å². The van der Waals surface area contributed by atoms with Crippen molar-refractivity contribution in [3.63, 3.8) is 0 Å². The van der Waals surface area contributed by atoms with Crippen LogP contribution in [0.15, 0.2) is 59.5 Å². The number of para-hydroxylation sites is 1.